The standard InChI is InChI=1S/C13H11IS/c14-15-13(11-7-3-1-4-8-11)12-9-5-2-6-10-12/h1-10,13H. The van der Waals surface area contributed by atoms with Crippen molar-refractivity contribution in [1.82, 2.24) is 0 Å². The summed E-state index contributed by atoms with van der Waals surface area (Å²) in [6.45, 7) is 0. The van der Waals surface area contributed by atoms with Crippen molar-refractivity contribution in [3.63, 3.8) is 0 Å². The van der Waals surface area contributed by atoms with Gasteiger partial charge in [-0.05, 0) is 32.3 Å². The van der Waals surface area contributed by atoms with Crippen LogP contribution in [0.2, 0.25) is 0 Å². The lowest BCUT2D eigenvalue weighted by Gasteiger charge is -2.13. The Kier molecular flexibility index (Phi) is 4.09. The number of benzene rings is 2. The monoisotopic (exact) mass is 326 g/mol. The maximum atomic E-state index is 2.37. The minimum absolute atomic E-state index is 0.438. The van der Waals surface area contributed by atoms with Gasteiger partial charge in [-0.3, -0.25) is 0 Å². The van der Waals surface area contributed by atoms with E-state index in [9.17, 15) is 0 Å². The molecule has 0 heterocycles. The summed E-state index contributed by atoms with van der Waals surface area (Å²) in [7, 11) is 1.85. The maximum absolute atomic E-state index is 2.37. The van der Waals surface area contributed by atoms with Gasteiger partial charge in [0.15, 0.2) is 0 Å². The molecule has 0 radical (unpaired) electrons. The Labute approximate surface area is 107 Å². The quantitative estimate of drug-likeness (QED) is 0.726. The summed E-state index contributed by atoms with van der Waals surface area (Å²) in [5.74, 6) is 0. The lowest BCUT2D eigenvalue weighted by atomic mass is 10.0. The van der Waals surface area contributed by atoms with Crippen LogP contribution in [0.15, 0.2) is 60.7 Å². The van der Waals surface area contributed by atoms with Crippen LogP contribution in [0.25, 0.3) is 0 Å². The Morgan fingerprint density at radius 1 is 0.733 bits per heavy atom. The smallest absolute Gasteiger partial charge is 0.0647 e. The summed E-state index contributed by atoms with van der Waals surface area (Å²) < 4.78 is 0. The molecule has 0 spiro atoms. The van der Waals surface area contributed by atoms with E-state index < -0.39 is 0 Å². The average Bonchev–Trinajstić information content (AvgIpc) is 2.33. The van der Waals surface area contributed by atoms with Gasteiger partial charge in [0.1, 0.15) is 0 Å². The van der Waals surface area contributed by atoms with Crippen LogP contribution in [0.4, 0.5) is 0 Å². The largest absolute Gasteiger partial charge is 0.0763 e. The van der Waals surface area contributed by atoms with Crippen molar-refractivity contribution in [3.8, 4) is 0 Å². The van der Waals surface area contributed by atoms with Crippen LogP contribution in [-0.4, -0.2) is 0 Å². The molecule has 0 atom stereocenters. The number of hydrogen-bond donors (Lipinski definition) is 0. The molecule has 0 aromatic heterocycles. The Bertz CT molecular complexity index is 360. The Balaban J connectivity index is 2.34. The summed E-state index contributed by atoms with van der Waals surface area (Å²) in [4.78, 5) is 0. The molecular weight excluding hydrogens is 315 g/mol. The zero-order valence-corrected chi connectivity index (χ0v) is 11.1. The second kappa shape index (κ2) is 5.56. The zero-order valence-electron chi connectivity index (χ0n) is 8.14. The lowest BCUT2D eigenvalue weighted by Crippen LogP contribution is -1.93. The van der Waals surface area contributed by atoms with Gasteiger partial charge in [0.25, 0.3) is 0 Å². The summed E-state index contributed by atoms with van der Waals surface area (Å²) in [5.41, 5.74) is 2.73. The fraction of sp³-hybridized carbons (Fsp3) is 0.0769. The molecule has 0 amide bonds. The van der Waals surface area contributed by atoms with Crippen LogP contribution in [0, 0.1) is 0 Å². The van der Waals surface area contributed by atoms with Gasteiger partial charge in [0, 0.05) is 0 Å². The molecule has 0 saturated heterocycles. The molecule has 0 unspecified atom stereocenters. The number of hydrogen-bond acceptors (Lipinski definition) is 1. The van der Waals surface area contributed by atoms with Gasteiger partial charge in [-0.25, -0.2) is 0 Å². The molecule has 0 saturated carbocycles. The van der Waals surface area contributed by atoms with Crippen molar-refractivity contribution in [1.29, 1.82) is 0 Å². The minimum Gasteiger partial charge on any atom is -0.0763 e. The van der Waals surface area contributed by atoms with Crippen molar-refractivity contribution in [2.24, 2.45) is 0 Å². The first-order chi connectivity index (χ1) is 7.42. The van der Waals surface area contributed by atoms with E-state index in [0.29, 0.717) is 5.25 Å². The van der Waals surface area contributed by atoms with E-state index in [1.807, 2.05) is 8.93 Å². The molecule has 0 N–H and O–H groups in total. The molecule has 2 aromatic rings. The van der Waals surface area contributed by atoms with Crippen molar-refractivity contribution in [2.45, 2.75) is 5.25 Å². The Hall–Kier alpha value is -0.480. The third-order valence-electron chi connectivity index (χ3n) is 2.29. The van der Waals surface area contributed by atoms with Crippen LogP contribution in [0.1, 0.15) is 16.4 Å². The van der Waals surface area contributed by atoms with Crippen LogP contribution in [-0.2, 0) is 0 Å². The molecule has 0 aliphatic heterocycles. The van der Waals surface area contributed by atoms with Crippen molar-refractivity contribution < 1.29 is 0 Å². The third-order valence-corrected chi connectivity index (χ3v) is 4.54. The predicted octanol–water partition coefficient (Wildman–Crippen LogP) is 4.86. The molecule has 2 heteroatoms. The minimum atomic E-state index is 0.438. The van der Waals surface area contributed by atoms with Gasteiger partial charge < -0.3 is 0 Å². The second-order valence-electron chi connectivity index (χ2n) is 3.29. The molecular formula is C13H11IS. The highest BCUT2D eigenvalue weighted by molar-refractivity contribution is 14.2. The van der Waals surface area contributed by atoms with Crippen LogP contribution in [0.5, 0.6) is 0 Å². The number of rotatable bonds is 3. The van der Waals surface area contributed by atoms with Gasteiger partial charge >= 0.3 is 0 Å². The Morgan fingerprint density at radius 3 is 1.47 bits per heavy atom. The fourth-order valence-electron chi connectivity index (χ4n) is 1.55. The fourth-order valence-corrected chi connectivity index (χ4v) is 3.83. The van der Waals surface area contributed by atoms with E-state index in [1.54, 1.807) is 0 Å². The highest BCUT2D eigenvalue weighted by atomic mass is 127. The van der Waals surface area contributed by atoms with E-state index in [2.05, 4.69) is 81.9 Å². The molecule has 76 valence electrons. The number of halogens is 1. The topological polar surface area (TPSA) is 0 Å². The van der Waals surface area contributed by atoms with Crippen LogP contribution < -0.4 is 0 Å². The SMILES string of the molecule is ISC(c1ccccc1)c1ccccc1. The molecule has 0 nitrogen and oxygen atoms in total. The molecule has 2 rings (SSSR count). The van der Waals surface area contributed by atoms with Gasteiger partial charge in [-0.2, -0.15) is 0 Å². The van der Waals surface area contributed by atoms with Crippen molar-refractivity contribution in [3.05, 3.63) is 71.8 Å². The van der Waals surface area contributed by atoms with Gasteiger partial charge in [0.05, 0.1) is 5.25 Å². The normalized spacial score (nSPS) is 10.5. The highest BCUT2D eigenvalue weighted by Crippen LogP contribution is 2.39. The molecule has 2 aromatic carbocycles. The van der Waals surface area contributed by atoms with E-state index in [0.717, 1.165) is 0 Å². The van der Waals surface area contributed by atoms with E-state index in [1.165, 1.54) is 11.1 Å². The first-order valence-corrected chi connectivity index (χ1v) is 8.21. The summed E-state index contributed by atoms with van der Waals surface area (Å²) >= 11 is 2.37. The summed E-state index contributed by atoms with van der Waals surface area (Å²) in [5, 5.41) is 0.438. The third kappa shape index (κ3) is 2.75. The first kappa shape index (κ1) is 11.0. The van der Waals surface area contributed by atoms with Gasteiger partial charge in [-0.15, -0.1) is 0 Å². The highest BCUT2D eigenvalue weighted by Gasteiger charge is 2.12. The van der Waals surface area contributed by atoms with E-state index >= 15 is 0 Å². The van der Waals surface area contributed by atoms with Crippen LogP contribution in [0.3, 0.4) is 0 Å². The van der Waals surface area contributed by atoms with Gasteiger partial charge in [-0.1, -0.05) is 69.6 Å². The van der Waals surface area contributed by atoms with E-state index in [-0.39, 0.29) is 0 Å². The zero-order chi connectivity index (χ0) is 10.5. The second-order valence-corrected chi connectivity index (χ2v) is 5.47. The summed E-state index contributed by atoms with van der Waals surface area (Å²) in [6.07, 6.45) is 0. The van der Waals surface area contributed by atoms with Crippen LogP contribution >= 0.6 is 30.1 Å². The molecule has 15 heavy (non-hydrogen) atoms. The van der Waals surface area contributed by atoms with Crippen molar-refractivity contribution >= 4 is 30.1 Å². The maximum Gasteiger partial charge on any atom is 0.0647 e. The first-order valence-electron chi connectivity index (χ1n) is 4.79. The van der Waals surface area contributed by atoms with E-state index in [4.69, 9.17) is 0 Å². The Morgan fingerprint density at radius 2 is 1.13 bits per heavy atom. The average molecular weight is 326 g/mol. The molecule has 0 aliphatic rings. The molecule has 0 fully saturated rings. The van der Waals surface area contributed by atoms with Gasteiger partial charge in [0.2, 0.25) is 0 Å². The summed E-state index contributed by atoms with van der Waals surface area (Å²) in [6, 6.07) is 21.2. The molecule has 0 aliphatic carbocycles. The van der Waals surface area contributed by atoms with Crippen molar-refractivity contribution in [2.75, 3.05) is 0 Å². The molecule has 0 bridgehead atoms. The lowest BCUT2D eigenvalue weighted by molar-refractivity contribution is 1.17. The predicted molar refractivity (Wildman–Crippen MR) is 76.3 cm³/mol.